The Morgan fingerprint density at radius 2 is 1.90 bits per heavy atom. The van der Waals surface area contributed by atoms with Crippen molar-refractivity contribution >= 4 is 6.03 Å². The van der Waals surface area contributed by atoms with E-state index in [4.69, 9.17) is 4.74 Å². The van der Waals surface area contributed by atoms with Gasteiger partial charge in [0.15, 0.2) is 0 Å². The summed E-state index contributed by atoms with van der Waals surface area (Å²) >= 11 is 0. The molecule has 21 heavy (non-hydrogen) atoms. The molecule has 0 spiro atoms. The van der Waals surface area contributed by atoms with Gasteiger partial charge in [-0.2, -0.15) is 0 Å². The van der Waals surface area contributed by atoms with Crippen molar-refractivity contribution in [3.63, 3.8) is 0 Å². The van der Waals surface area contributed by atoms with Crippen molar-refractivity contribution in [3.05, 3.63) is 29.8 Å². The normalized spacial score (nSPS) is 15.2. The maximum Gasteiger partial charge on any atom is 0.314 e. The highest BCUT2D eigenvalue weighted by molar-refractivity contribution is 5.74. The average Bonchev–Trinajstić information content (AvgIpc) is 2.93. The number of amides is 2. The summed E-state index contributed by atoms with van der Waals surface area (Å²) in [6.45, 7) is 4.53. The van der Waals surface area contributed by atoms with E-state index in [0.29, 0.717) is 12.6 Å². The molecule has 2 amide bonds. The number of carbonyl (C=O) groups is 1. The average molecular weight is 290 g/mol. The molecule has 4 nitrogen and oxygen atoms in total. The monoisotopic (exact) mass is 290 g/mol. The fraction of sp³-hybridized carbons (Fsp3) is 0.588. The molecular formula is C17H26N2O2. The molecule has 0 aromatic heterocycles. The molecule has 0 atom stereocenters. The van der Waals surface area contributed by atoms with Crippen LogP contribution in [0.2, 0.25) is 0 Å². The Morgan fingerprint density at radius 1 is 1.24 bits per heavy atom. The molecule has 0 unspecified atom stereocenters. The summed E-state index contributed by atoms with van der Waals surface area (Å²) in [6.07, 6.45) is 6.15. The Bertz CT molecular complexity index is 437. The van der Waals surface area contributed by atoms with Gasteiger partial charge in [-0.25, -0.2) is 4.79 Å². The van der Waals surface area contributed by atoms with Gasteiger partial charge in [-0.05, 0) is 63.6 Å². The van der Waals surface area contributed by atoms with Crippen LogP contribution < -0.4 is 15.4 Å². The van der Waals surface area contributed by atoms with Crippen LogP contribution in [0, 0.1) is 0 Å². The van der Waals surface area contributed by atoms with Crippen molar-refractivity contribution in [1.29, 1.82) is 0 Å². The molecular weight excluding hydrogens is 264 g/mol. The van der Waals surface area contributed by atoms with Crippen LogP contribution in [-0.4, -0.2) is 24.7 Å². The molecule has 1 aromatic carbocycles. The van der Waals surface area contributed by atoms with Gasteiger partial charge >= 0.3 is 6.03 Å². The zero-order valence-electron chi connectivity index (χ0n) is 13.0. The van der Waals surface area contributed by atoms with Gasteiger partial charge in [0.1, 0.15) is 5.75 Å². The van der Waals surface area contributed by atoms with Gasteiger partial charge in [0, 0.05) is 12.6 Å². The summed E-state index contributed by atoms with van der Waals surface area (Å²) in [4.78, 5) is 11.4. The van der Waals surface area contributed by atoms with E-state index in [2.05, 4.69) is 22.8 Å². The fourth-order valence-corrected chi connectivity index (χ4v) is 2.57. The lowest BCUT2D eigenvalue weighted by Gasteiger charge is -2.13. The third-order valence-electron chi connectivity index (χ3n) is 3.65. The first kappa shape index (κ1) is 15.7. The molecule has 1 fully saturated rings. The van der Waals surface area contributed by atoms with E-state index in [1.807, 2.05) is 26.0 Å². The quantitative estimate of drug-likeness (QED) is 0.845. The molecule has 0 aliphatic heterocycles. The van der Waals surface area contributed by atoms with E-state index >= 15 is 0 Å². The number of urea groups is 1. The Balaban J connectivity index is 1.70. The summed E-state index contributed by atoms with van der Waals surface area (Å²) in [5, 5.41) is 5.66. The minimum absolute atomic E-state index is 0.105. The second-order valence-corrected chi connectivity index (χ2v) is 5.97. The number of rotatable bonds is 6. The first-order valence-electron chi connectivity index (χ1n) is 7.93. The van der Waals surface area contributed by atoms with E-state index < -0.39 is 0 Å². The summed E-state index contributed by atoms with van der Waals surface area (Å²) in [5.74, 6) is 0.955. The molecule has 0 radical (unpaired) electrons. The van der Waals surface area contributed by atoms with Crippen LogP contribution in [-0.2, 0) is 6.42 Å². The molecule has 1 aliphatic rings. The van der Waals surface area contributed by atoms with Gasteiger partial charge in [0.25, 0.3) is 0 Å². The van der Waals surface area contributed by atoms with Gasteiger partial charge in [0.2, 0.25) is 0 Å². The zero-order valence-corrected chi connectivity index (χ0v) is 13.0. The number of nitrogens with one attached hydrogen (secondary N) is 2. The first-order chi connectivity index (χ1) is 10.1. The molecule has 1 aliphatic carbocycles. The lowest BCUT2D eigenvalue weighted by molar-refractivity contribution is 0.210. The van der Waals surface area contributed by atoms with E-state index in [1.165, 1.54) is 31.2 Å². The summed E-state index contributed by atoms with van der Waals surface area (Å²) in [7, 11) is 0. The van der Waals surface area contributed by atoms with Crippen molar-refractivity contribution in [3.8, 4) is 5.75 Å². The van der Waals surface area contributed by atoms with E-state index in [1.54, 1.807) is 0 Å². The second-order valence-electron chi connectivity index (χ2n) is 5.97. The van der Waals surface area contributed by atoms with Gasteiger partial charge in [0.05, 0.1) is 6.10 Å². The molecule has 0 saturated heterocycles. The molecule has 0 bridgehead atoms. The first-order valence-corrected chi connectivity index (χ1v) is 7.93. The fourth-order valence-electron chi connectivity index (χ4n) is 2.57. The maximum absolute atomic E-state index is 11.4. The molecule has 4 heteroatoms. The highest BCUT2D eigenvalue weighted by atomic mass is 16.5. The number of hydrogen-bond acceptors (Lipinski definition) is 2. The van der Waals surface area contributed by atoms with Crippen LogP contribution in [0.15, 0.2) is 24.3 Å². The van der Waals surface area contributed by atoms with Crippen LogP contribution in [0.1, 0.15) is 45.1 Å². The Morgan fingerprint density at radius 3 is 2.52 bits per heavy atom. The third kappa shape index (κ3) is 5.66. The van der Waals surface area contributed by atoms with Crippen molar-refractivity contribution in [2.45, 2.75) is 58.1 Å². The lowest BCUT2D eigenvalue weighted by atomic mass is 10.1. The van der Waals surface area contributed by atoms with E-state index in [-0.39, 0.29) is 12.1 Å². The predicted molar refractivity (Wildman–Crippen MR) is 84.7 cm³/mol. The Labute approximate surface area is 127 Å². The van der Waals surface area contributed by atoms with Crippen LogP contribution >= 0.6 is 0 Å². The minimum atomic E-state index is -0.105. The topological polar surface area (TPSA) is 50.4 Å². The number of ether oxygens (including phenoxy) is 1. The zero-order chi connectivity index (χ0) is 15.1. The van der Waals surface area contributed by atoms with Crippen LogP contribution in [0.25, 0.3) is 0 Å². The van der Waals surface area contributed by atoms with Crippen molar-refractivity contribution in [2.24, 2.45) is 0 Å². The smallest absolute Gasteiger partial charge is 0.314 e. The molecule has 2 rings (SSSR count). The van der Waals surface area contributed by atoms with Crippen molar-refractivity contribution in [1.82, 2.24) is 10.6 Å². The van der Waals surface area contributed by atoms with Gasteiger partial charge in [-0.15, -0.1) is 0 Å². The number of carbonyl (C=O) groups excluding carboxylic acids is 1. The number of hydrogen-bond donors (Lipinski definition) is 2. The van der Waals surface area contributed by atoms with Crippen LogP contribution in [0.4, 0.5) is 4.79 Å². The molecule has 1 saturated carbocycles. The summed E-state index contributed by atoms with van der Waals surface area (Å²) in [6, 6.07) is 8.27. The van der Waals surface area contributed by atoms with Gasteiger partial charge < -0.3 is 15.4 Å². The van der Waals surface area contributed by atoms with Crippen molar-refractivity contribution < 1.29 is 9.53 Å². The highest BCUT2D eigenvalue weighted by Gasteiger charge is 2.16. The molecule has 116 valence electrons. The third-order valence-corrected chi connectivity index (χ3v) is 3.65. The lowest BCUT2D eigenvalue weighted by Crippen LogP contribution is -2.40. The molecule has 2 N–H and O–H groups in total. The van der Waals surface area contributed by atoms with Crippen LogP contribution in [0.3, 0.4) is 0 Å². The van der Waals surface area contributed by atoms with E-state index in [0.717, 1.165) is 12.2 Å². The highest BCUT2D eigenvalue weighted by Crippen LogP contribution is 2.24. The van der Waals surface area contributed by atoms with Gasteiger partial charge in [-0.3, -0.25) is 0 Å². The minimum Gasteiger partial charge on any atom is -0.490 e. The molecule has 0 heterocycles. The number of benzene rings is 1. The van der Waals surface area contributed by atoms with Crippen molar-refractivity contribution in [2.75, 3.05) is 6.54 Å². The Hall–Kier alpha value is -1.71. The SMILES string of the molecule is CC(C)NC(=O)NCCc1ccc(OC2CCCC2)cc1. The second kappa shape index (κ2) is 7.91. The molecule has 1 aromatic rings. The Kier molecular flexibility index (Phi) is 5.90. The predicted octanol–water partition coefficient (Wildman–Crippen LogP) is 3.26. The largest absolute Gasteiger partial charge is 0.490 e. The summed E-state index contributed by atoms with van der Waals surface area (Å²) < 4.78 is 5.94. The standard InChI is InChI=1S/C17H26N2O2/c1-13(2)19-17(20)18-12-11-14-7-9-16(10-8-14)21-15-5-3-4-6-15/h7-10,13,15H,3-6,11-12H2,1-2H3,(H2,18,19,20). The summed E-state index contributed by atoms with van der Waals surface area (Å²) in [5.41, 5.74) is 1.21. The van der Waals surface area contributed by atoms with Crippen LogP contribution in [0.5, 0.6) is 5.75 Å². The maximum atomic E-state index is 11.4. The van der Waals surface area contributed by atoms with E-state index in [9.17, 15) is 4.79 Å². The van der Waals surface area contributed by atoms with Gasteiger partial charge in [-0.1, -0.05) is 12.1 Å².